The SMILES string of the molecule is CCNC(C1CCCC1)C1CCc2cccnc21. The molecule has 3 rings (SSSR count). The lowest BCUT2D eigenvalue weighted by atomic mass is 9.85. The number of pyridine rings is 1. The molecule has 2 nitrogen and oxygen atoms in total. The molecule has 1 aromatic rings. The highest BCUT2D eigenvalue weighted by Crippen LogP contribution is 2.40. The van der Waals surface area contributed by atoms with Crippen molar-refractivity contribution >= 4 is 0 Å². The van der Waals surface area contributed by atoms with E-state index in [9.17, 15) is 0 Å². The Labute approximate surface area is 110 Å². The molecule has 1 fully saturated rings. The van der Waals surface area contributed by atoms with Gasteiger partial charge in [0.1, 0.15) is 0 Å². The predicted octanol–water partition coefficient (Wildman–Crippen LogP) is 3.28. The molecule has 0 bridgehead atoms. The molecule has 98 valence electrons. The van der Waals surface area contributed by atoms with Gasteiger partial charge in [0.25, 0.3) is 0 Å². The molecule has 2 atom stereocenters. The van der Waals surface area contributed by atoms with Crippen LogP contribution in [0.1, 0.15) is 56.2 Å². The van der Waals surface area contributed by atoms with Crippen molar-refractivity contribution in [3.63, 3.8) is 0 Å². The van der Waals surface area contributed by atoms with Gasteiger partial charge >= 0.3 is 0 Å². The fraction of sp³-hybridized carbons (Fsp3) is 0.688. The van der Waals surface area contributed by atoms with Crippen LogP contribution < -0.4 is 5.32 Å². The highest BCUT2D eigenvalue weighted by molar-refractivity contribution is 5.30. The first-order valence-electron chi connectivity index (χ1n) is 7.57. The minimum Gasteiger partial charge on any atom is -0.313 e. The maximum atomic E-state index is 4.68. The molecule has 2 aliphatic carbocycles. The van der Waals surface area contributed by atoms with Gasteiger partial charge in [-0.1, -0.05) is 25.8 Å². The Morgan fingerprint density at radius 3 is 2.94 bits per heavy atom. The Morgan fingerprint density at radius 1 is 1.33 bits per heavy atom. The second kappa shape index (κ2) is 5.40. The molecule has 1 N–H and O–H groups in total. The summed E-state index contributed by atoms with van der Waals surface area (Å²) in [5, 5.41) is 3.77. The number of rotatable bonds is 4. The molecule has 1 heterocycles. The third-order valence-electron chi connectivity index (χ3n) is 4.78. The number of aryl methyl sites for hydroxylation is 1. The average molecular weight is 244 g/mol. The van der Waals surface area contributed by atoms with E-state index in [0.29, 0.717) is 12.0 Å². The number of fused-ring (bicyclic) bond motifs is 1. The van der Waals surface area contributed by atoms with E-state index in [1.807, 2.05) is 6.20 Å². The third-order valence-corrected chi connectivity index (χ3v) is 4.78. The van der Waals surface area contributed by atoms with E-state index in [1.54, 1.807) is 0 Å². The van der Waals surface area contributed by atoms with E-state index in [4.69, 9.17) is 0 Å². The van der Waals surface area contributed by atoms with Crippen LogP contribution in [0.3, 0.4) is 0 Å². The zero-order chi connectivity index (χ0) is 12.4. The quantitative estimate of drug-likeness (QED) is 0.879. The van der Waals surface area contributed by atoms with E-state index in [1.165, 1.54) is 49.8 Å². The highest BCUT2D eigenvalue weighted by Gasteiger charge is 2.36. The summed E-state index contributed by atoms with van der Waals surface area (Å²) >= 11 is 0. The molecule has 0 saturated heterocycles. The Morgan fingerprint density at radius 2 is 2.17 bits per heavy atom. The molecule has 18 heavy (non-hydrogen) atoms. The van der Waals surface area contributed by atoms with Crippen molar-refractivity contribution in [1.82, 2.24) is 10.3 Å². The van der Waals surface area contributed by atoms with Crippen LogP contribution in [0.25, 0.3) is 0 Å². The molecule has 1 aromatic heterocycles. The smallest absolute Gasteiger partial charge is 0.0482 e. The largest absolute Gasteiger partial charge is 0.313 e. The van der Waals surface area contributed by atoms with Crippen molar-refractivity contribution < 1.29 is 0 Å². The summed E-state index contributed by atoms with van der Waals surface area (Å²) in [5.41, 5.74) is 2.87. The van der Waals surface area contributed by atoms with Crippen LogP contribution in [0, 0.1) is 5.92 Å². The van der Waals surface area contributed by atoms with Crippen molar-refractivity contribution in [3.8, 4) is 0 Å². The van der Waals surface area contributed by atoms with Crippen molar-refractivity contribution in [2.45, 2.75) is 57.4 Å². The standard InChI is InChI=1S/C16H24N2/c1-2-17-15(12-6-3-4-7-12)14-10-9-13-8-5-11-18-16(13)14/h5,8,11-12,14-15,17H,2-4,6-7,9-10H2,1H3. The third kappa shape index (κ3) is 2.18. The summed E-state index contributed by atoms with van der Waals surface area (Å²) in [6.07, 6.45) is 10.2. The molecule has 2 aliphatic rings. The number of likely N-dealkylation sites (N-methyl/N-ethyl adjacent to an activating group) is 1. The van der Waals surface area contributed by atoms with Crippen LogP contribution in [0.15, 0.2) is 18.3 Å². The second-order valence-electron chi connectivity index (χ2n) is 5.82. The lowest BCUT2D eigenvalue weighted by molar-refractivity contribution is 0.310. The molecule has 0 aliphatic heterocycles. The van der Waals surface area contributed by atoms with Crippen LogP contribution in [0.4, 0.5) is 0 Å². The van der Waals surface area contributed by atoms with Gasteiger partial charge in [-0.3, -0.25) is 4.98 Å². The highest BCUT2D eigenvalue weighted by atomic mass is 14.9. The first-order chi connectivity index (χ1) is 8.90. The zero-order valence-corrected chi connectivity index (χ0v) is 11.4. The van der Waals surface area contributed by atoms with E-state index >= 15 is 0 Å². The number of aromatic nitrogens is 1. The van der Waals surface area contributed by atoms with Gasteiger partial charge in [-0.15, -0.1) is 0 Å². The van der Waals surface area contributed by atoms with Gasteiger partial charge in [-0.25, -0.2) is 0 Å². The molecular weight excluding hydrogens is 220 g/mol. The molecule has 0 spiro atoms. The van der Waals surface area contributed by atoms with Crippen molar-refractivity contribution in [3.05, 3.63) is 29.6 Å². The zero-order valence-electron chi connectivity index (χ0n) is 11.4. The Hall–Kier alpha value is -0.890. The van der Waals surface area contributed by atoms with Crippen LogP contribution in [-0.4, -0.2) is 17.6 Å². The number of nitrogens with one attached hydrogen (secondary N) is 1. The van der Waals surface area contributed by atoms with E-state index < -0.39 is 0 Å². The summed E-state index contributed by atoms with van der Waals surface area (Å²) in [5.74, 6) is 1.53. The van der Waals surface area contributed by atoms with Gasteiger partial charge in [0.05, 0.1) is 0 Å². The fourth-order valence-corrected chi connectivity index (χ4v) is 3.98. The van der Waals surface area contributed by atoms with Gasteiger partial charge < -0.3 is 5.32 Å². The lowest BCUT2D eigenvalue weighted by Gasteiger charge is -2.30. The Kier molecular flexibility index (Phi) is 3.64. The first kappa shape index (κ1) is 12.2. The molecule has 0 aromatic carbocycles. The molecule has 1 saturated carbocycles. The van der Waals surface area contributed by atoms with Crippen molar-refractivity contribution in [2.24, 2.45) is 5.92 Å². The normalized spacial score (nSPS) is 25.3. The minimum atomic E-state index is 0.657. The average Bonchev–Trinajstić information content (AvgIpc) is 3.06. The van der Waals surface area contributed by atoms with Gasteiger partial charge in [-0.05, 0) is 49.8 Å². The van der Waals surface area contributed by atoms with E-state index in [0.717, 1.165) is 12.5 Å². The number of nitrogens with zero attached hydrogens (tertiary/aromatic N) is 1. The fourth-order valence-electron chi connectivity index (χ4n) is 3.98. The van der Waals surface area contributed by atoms with Crippen LogP contribution in [0.2, 0.25) is 0 Å². The van der Waals surface area contributed by atoms with Gasteiger partial charge in [-0.2, -0.15) is 0 Å². The van der Waals surface area contributed by atoms with Crippen LogP contribution in [-0.2, 0) is 6.42 Å². The summed E-state index contributed by atoms with van der Waals surface area (Å²) < 4.78 is 0. The van der Waals surface area contributed by atoms with Gasteiger partial charge in [0.2, 0.25) is 0 Å². The molecule has 2 heteroatoms. The molecule has 0 amide bonds. The maximum Gasteiger partial charge on any atom is 0.0482 e. The summed E-state index contributed by atoms with van der Waals surface area (Å²) in [6.45, 7) is 3.32. The maximum absolute atomic E-state index is 4.68. The topological polar surface area (TPSA) is 24.9 Å². The Bertz CT molecular complexity index is 396. The van der Waals surface area contributed by atoms with Crippen LogP contribution in [0.5, 0.6) is 0 Å². The van der Waals surface area contributed by atoms with E-state index in [2.05, 4.69) is 29.4 Å². The lowest BCUT2D eigenvalue weighted by Crippen LogP contribution is -2.39. The number of hydrogen-bond acceptors (Lipinski definition) is 2. The first-order valence-corrected chi connectivity index (χ1v) is 7.57. The van der Waals surface area contributed by atoms with Crippen LogP contribution >= 0.6 is 0 Å². The van der Waals surface area contributed by atoms with Crippen molar-refractivity contribution in [2.75, 3.05) is 6.54 Å². The summed E-state index contributed by atoms with van der Waals surface area (Å²) in [6, 6.07) is 5.01. The van der Waals surface area contributed by atoms with E-state index in [-0.39, 0.29) is 0 Å². The Balaban J connectivity index is 1.83. The second-order valence-corrected chi connectivity index (χ2v) is 5.82. The molecular formula is C16H24N2. The molecule has 0 radical (unpaired) electrons. The minimum absolute atomic E-state index is 0.657. The monoisotopic (exact) mass is 244 g/mol. The predicted molar refractivity (Wildman–Crippen MR) is 74.7 cm³/mol. The van der Waals surface area contributed by atoms with Crippen molar-refractivity contribution in [1.29, 1.82) is 0 Å². The number of hydrogen-bond donors (Lipinski definition) is 1. The van der Waals surface area contributed by atoms with Gasteiger partial charge in [0, 0.05) is 23.9 Å². The summed E-state index contributed by atoms with van der Waals surface area (Å²) in [4.78, 5) is 4.68. The van der Waals surface area contributed by atoms with Gasteiger partial charge in [0.15, 0.2) is 0 Å². The summed E-state index contributed by atoms with van der Waals surface area (Å²) in [7, 11) is 0. The molecule has 2 unspecified atom stereocenters.